The van der Waals surface area contributed by atoms with Crippen LogP contribution in [0.1, 0.15) is 24.8 Å². The Morgan fingerprint density at radius 3 is 2.81 bits per heavy atom. The van der Waals surface area contributed by atoms with Crippen LogP contribution in [-0.4, -0.2) is 13.1 Å². The summed E-state index contributed by atoms with van der Waals surface area (Å²) in [5, 5.41) is 4.75. The van der Waals surface area contributed by atoms with Crippen molar-refractivity contribution in [1.82, 2.24) is 5.32 Å². The molecule has 1 fully saturated rings. The number of nitrogens with one attached hydrogen (secondary N) is 1. The minimum atomic E-state index is 0.646. The number of rotatable bonds is 2. The first-order valence-corrected chi connectivity index (χ1v) is 6.66. The largest absolute Gasteiger partial charge is 0.317 e. The lowest BCUT2D eigenvalue weighted by Crippen LogP contribution is -2.14. The van der Waals surface area contributed by atoms with Crippen LogP contribution in [0.15, 0.2) is 18.2 Å². The Morgan fingerprint density at radius 2 is 2.00 bits per heavy atom. The first-order chi connectivity index (χ1) is 7.75. The number of halogens is 2. The van der Waals surface area contributed by atoms with Crippen molar-refractivity contribution in [3.63, 3.8) is 0 Å². The maximum absolute atomic E-state index is 6.02. The smallest absolute Gasteiger partial charge is 0.0595 e. The monoisotopic (exact) mass is 257 g/mol. The lowest BCUT2D eigenvalue weighted by Gasteiger charge is -2.13. The van der Waals surface area contributed by atoms with E-state index in [2.05, 4.69) is 11.4 Å². The molecule has 88 valence electrons. The molecule has 1 atom stereocenters. The molecule has 0 aromatic heterocycles. The van der Waals surface area contributed by atoms with Crippen LogP contribution in [0.25, 0.3) is 0 Å². The number of hydrogen-bond donors (Lipinski definition) is 1. The van der Waals surface area contributed by atoms with Crippen LogP contribution in [0, 0.1) is 5.92 Å². The van der Waals surface area contributed by atoms with Gasteiger partial charge in [0.05, 0.1) is 10.0 Å². The SMILES string of the molecule is Clc1ccc(CC2CCCNCC2)cc1Cl. The third-order valence-corrected chi connectivity index (χ3v) is 3.94. The first kappa shape index (κ1) is 12.2. The van der Waals surface area contributed by atoms with E-state index in [-0.39, 0.29) is 0 Å². The van der Waals surface area contributed by atoms with Gasteiger partial charge in [-0.05, 0) is 62.4 Å². The van der Waals surface area contributed by atoms with Gasteiger partial charge < -0.3 is 5.32 Å². The van der Waals surface area contributed by atoms with E-state index in [9.17, 15) is 0 Å². The zero-order valence-corrected chi connectivity index (χ0v) is 10.8. The van der Waals surface area contributed by atoms with Crippen molar-refractivity contribution in [3.8, 4) is 0 Å². The van der Waals surface area contributed by atoms with E-state index in [1.807, 2.05) is 12.1 Å². The molecule has 2 rings (SSSR count). The lowest BCUT2D eigenvalue weighted by atomic mass is 9.93. The highest BCUT2D eigenvalue weighted by Crippen LogP contribution is 2.25. The fraction of sp³-hybridized carbons (Fsp3) is 0.538. The van der Waals surface area contributed by atoms with E-state index in [4.69, 9.17) is 23.2 Å². The Morgan fingerprint density at radius 1 is 1.12 bits per heavy atom. The summed E-state index contributed by atoms with van der Waals surface area (Å²) in [5.74, 6) is 0.784. The highest BCUT2D eigenvalue weighted by molar-refractivity contribution is 6.42. The third kappa shape index (κ3) is 3.38. The van der Waals surface area contributed by atoms with Gasteiger partial charge in [0, 0.05) is 0 Å². The molecule has 0 radical (unpaired) electrons. The molecule has 1 unspecified atom stereocenters. The van der Waals surface area contributed by atoms with E-state index in [0.29, 0.717) is 10.0 Å². The van der Waals surface area contributed by atoms with E-state index < -0.39 is 0 Å². The maximum atomic E-state index is 6.02. The zero-order chi connectivity index (χ0) is 11.4. The van der Waals surface area contributed by atoms with Crippen LogP contribution >= 0.6 is 23.2 Å². The van der Waals surface area contributed by atoms with Gasteiger partial charge in [-0.15, -0.1) is 0 Å². The van der Waals surface area contributed by atoms with Gasteiger partial charge in [0.15, 0.2) is 0 Å². The second kappa shape index (κ2) is 5.90. The average Bonchev–Trinajstić information content (AvgIpc) is 2.52. The molecule has 1 aromatic rings. The van der Waals surface area contributed by atoms with Crippen LogP contribution < -0.4 is 5.32 Å². The van der Waals surface area contributed by atoms with Crippen LogP contribution in [0.2, 0.25) is 10.0 Å². The highest BCUT2D eigenvalue weighted by atomic mass is 35.5. The van der Waals surface area contributed by atoms with E-state index in [1.54, 1.807) is 0 Å². The average molecular weight is 258 g/mol. The van der Waals surface area contributed by atoms with Crippen molar-refractivity contribution >= 4 is 23.2 Å². The minimum Gasteiger partial charge on any atom is -0.317 e. The predicted octanol–water partition coefficient (Wildman–Crippen LogP) is 3.93. The molecule has 1 aliphatic heterocycles. The molecule has 1 aromatic carbocycles. The van der Waals surface area contributed by atoms with Crippen molar-refractivity contribution < 1.29 is 0 Å². The molecule has 1 heterocycles. The van der Waals surface area contributed by atoms with Crippen LogP contribution in [0.5, 0.6) is 0 Å². The molecule has 1 aliphatic rings. The molecule has 1 nitrogen and oxygen atoms in total. The molecule has 0 bridgehead atoms. The van der Waals surface area contributed by atoms with Crippen LogP contribution in [0.4, 0.5) is 0 Å². The summed E-state index contributed by atoms with van der Waals surface area (Å²) in [6.07, 6.45) is 4.98. The molecular weight excluding hydrogens is 241 g/mol. The van der Waals surface area contributed by atoms with Gasteiger partial charge in [-0.3, -0.25) is 0 Å². The van der Waals surface area contributed by atoms with Crippen molar-refractivity contribution in [2.75, 3.05) is 13.1 Å². The van der Waals surface area contributed by atoms with Gasteiger partial charge >= 0.3 is 0 Å². The summed E-state index contributed by atoms with van der Waals surface area (Å²) in [7, 11) is 0. The van der Waals surface area contributed by atoms with Gasteiger partial charge in [-0.25, -0.2) is 0 Å². The molecule has 16 heavy (non-hydrogen) atoms. The van der Waals surface area contributed by atoms with Gasteiger partial charge in [-0.1, -0.05) is 29.3 Å². The molecule has 0 amide bonds. The summed E-state index contributed by atoms with van der Waals surface area (Å²) >= 11 is 11.9. The van der Waals surface area contributed by atoms with Crippen molar-refractivity contribution in [1.29, 1.82) is 0 Å². The Bertz CT molecular complexity index is 344. The van der Waals surface area contributed by atoms with E-state index >= 15 is 0 Å². The maximum Gasteiger partial charge on any atom is 0.0595 e. The first-order valence-electron chi connectivity index (χ1n) is 5.90. The van der Waals surface area contributed by atoms with Gasteiger partial charge in [0.1, 0.15) is 0 Å². The van der Waals surface area contributed by atoms with Crippen molar-refractivity contribution in [3.05, 3.63) is 33.8 Å². The predicted molar refractivity (Wildman–Crippen MR) is 70.4 cm³/mol. The summed E-state index contributed by atoms with van der Waals surface area (Å²) < 4.78 is 0. The quantitative estimate of drug-likeness (QED) is 0.847. The second-order valence-electron chi connectivity index (χ2n) is 4.50. The van der Waals surface area contributed by atoms with E-state index in [0.717, 1.165) is 25.4 Å². The summed E-state index contributed by atoms with van der Waals surface area (Å²) in [4.78, 5) is 0. The lowest BCUT2D eigenvalue weighted by molar-refractivity contribution is 0.470. The normalized spacial score (nSPS) is 21.8. The molecule has 0 aliphatic carbocycles. The summed E-state index contributed by atoms with van der Waals surface area (Å²) in [6.45, 7) is 2.31. The van der Waals surface area contributed by atoms with Gasteiger partial charge in [0.25, 0.3) is 0 Å². The van der Waals surface area contributed by atoms with Crippen molar-refractivity contribution in [2.24, 2.45) is 5.92 Å². The fourth-order valence-corrected chi connectivity index (χ4v) is 2.62. The zero-order valence-electron chi connectivity index (χ0n) is 9.31. The Labute approximate surface area is 107 Å². The molecule has 1 saturated heterocycles. The molecule has 0 saturated carbocycles. The molecule has 3 heteroatoms. The fourth-order valence-electron chi connectivity index (χ4n) is 2.30. The Balaban J connectivity index is 1.99. The standard InChI is InChI=1S/C13H17Cl2N/c14-12-4-3-11(9-13(12)15)8-10-2-1-6-16-7-5-10/h3-4,9-10,16H,1-2,5-8H2. The third-order valence-electron chi connectivity index (χ3n) is 3.20. The molecular formula is C13H17Cl2N. The second-order valence-corrected chi connectivity index (χ2v) is 5.31. The van der Waals surface area contributed by atoms with Gasteiger partial charge in [0.2, 0.25) is 0 Å². The van der Waals surface area contributed by atoms with Crippen LogP contribution in [-0.2, 0) is 6.42 Å². The number of benzene rings is 1. The highest BCUT2D eigenvalue weighted by Gasteiger charge is 2.12. The molecule has 0 spiro atoms. The molecule has 1 N–H and O–H groups in total. The minimum absolute atomic E-state index is 0.646. The van der Waals surface area contributed by atoms with E-state index in [1.165, 1.54) is 24.8 Å². The summed E-state index contributed by atoms with van der Waals surface area (Å²) in [6, 6.07) is 5.99. The van der Waals surface area contributed by atoms with Gasteiger partial charge in [-0.2, -0.15) is 0 Å². The topological polar surface area (TPSA) is 12.0 Å². The number of hydrogen-bond acceptors (Lipinski definition) is 1. The Hall–Kier alpha value is -0.240. The van der Waals surface area contributed by atoms with Crippen LogP contribution in [0.3, 0.4) is 0 Å². The summed E-state index contributed by atoms with van der Waals surface area (Å²) in [5.41, 5.74) is 1.31. The Kier molecular flexibility index (Phi) is 4.51. The van der Waals surface area contributed by atoms with Crippen molar-refractivity contribution in [2.45, 2.75) is 25.7 Å².